The summed E-state index contributed by atoms with van der Waals surface area (Å²) < 4.78 is 1.00. The second-order valence-corrected chi connectivity index (χ2v) is 7.77. The van der Waals surface area contributed by atoms with Crippen LogP contribution in [0.2, 0.25) is 0 Å². The van der Waals surface area contributed by atoms with Gasteiger partial charge in [-0.2, -0.15) is 0 Å². The third-order valence-corrected chi connectivity index (χ3v) is 5.27. The SMILES string of the molecule is Cc1ccc2nc(-c3ccc(Br)cc3)cc(C(=O)Nc3ccccc3C)c2c1. The molecule has 0 aliphatic heterocycles. The second-order valence-electron chi connectivity index (χ2n) is 6.85. The van der Waals surface area contributed by atoms with Crippen molar-refractivity contribution in [3.8, 4) is 11.3 Å². The van der Waals surface area contributed by atoms with Gasteiger partial charge in [0, 0.05) is 21.1 Å². The van der Waals surface area contributed by atoms with E-state index in [1.165, 1.54) is 0 Å². The van der Waals surface area contributed by atoms with Crippen LogP contribution in [0.15, 0.2) is 77.3 Å². The zero-order valence-electron chi connectivity index (χ0n) is 15.7. The van der Waals surface area contributed by atoms with E-state index in [1.807, 2.05) is 86.6 Å². The minimum absolute atomic E-state index is 0.134. The molecular weight excluding hydrogens is 412 g/mol. The highest BCUT2D eigenvalue weighted by Crippen LogP contribution is 2.27. The van der Waals surface area contributed by atoms with Crippen LogP contribution in [0.5, 0.6) is 0 Å². The number of carbonyl (C=O) groups is 1. The van der Waals surface area contributed by atoms with Crippen LogP contribution in [-0.4, -0.2) is 10.9 Å². The topological polar surface area (TPSA) is 42.0 Å². The molecule has 138 valence electrons. The van der Waals surface area contributed by atoms with Crippen LogP contribution in [0.3, 0.4) is 0 Å². The molecule has 0 saturated carbocycles. The van der Waals surface area contributed by atoms with E-state index in [4.69, 9.17) is 4.98 Å². The number of aryl methyl sites for hydroxylation is 2. The smallest absolute Gasteiger partial charge is 0.256 e. The van der Waals surface area contributed by atoms with Crippen LogP contribution in [0, 0.1) is 13.8 Å². The van der Waals surface area contributed by atoms with E-state index < -0.39 is 0 Å². The minimum Gasteiger partial charge on any atom is -0.322 e. The summed E-state index contributed by atoms with van der Waals surface area (Å²) in [6.07, 6.45) is 0. The average Bonchev–Trinajstić information content (AvgIpc) is 2.69. The maximum Gasteiger partial charge on any atom is 0.256 e. The first-order valence-corrected chi connectivity index (χ1v) is 9.85. The Morgan fingerprint density at radius 1 is 0.929 bits per heavy atom. The Hall–Kier alpha value is -2.98. The molecule has 4 rings (SSSR count). The molecule has 1 amide bonds. The summed E-state index contributed by atoms with van der Waals surface area (Å²) in [4.78, 5) is 18.0. The number of aromatic nitrogens is 1. The van der Waals surface area contributed by atoms with E-state index in [0.29, 0.717) is 5.56 Å². The number of carbonyl (C=O) groups excluding carboxylic acids is 1. The summed E-state index contributed by atoms with van der Waals surface area (Å²) in [5, 5.41) is 3.91. The molecule has 0 aliphatic carbocycles. The Labute approximate surface area is 172 Å². The van der Waals surface area contributed by atoms with Crippen molar-refractivity contribution in [2.75, 3.05) is 5.32 Å². The van der Waals surface area contributed by atoms with Crippen molar-refractivity contribution in [1.29, 1.82) is 0 Å². The lowest BCUT2D eigenvalue weighted by Crippen LogP contribution is -2.14. The molecule has 0 fully saturated rings. The maximum absolute atomic E-state index is 13.2. The van der Waals surface area contributed by atoms with E-state index >= 15 is 0 Å². The van der Waals surface area contributed by atoms with Gasteiger partial charge < -0.3 is 5.32 Å². The van der Waals surface area contributed by atoms with Gasteiger partial charge in [-0.3, -0.25) is 4.79 Å². The zero-order valence-corrected chi connectivity index (χ0v) is 17.2. The zero-order chi connectivity index (χ0) is 19.7. The number of nitrogens with one attached hydrogen (secondary N) is 1. The number of halogens is 1. The summed E-state index contributed by atoms with van der Waals surface area (Å²) in [6.45, 7) is 4.00. The van der Waals surface area contributed by atoms with Crippen molar-refractivity contribution in [2.45, 2.75) is 13.8 Å². The molecule has 3 nitrogen and oxygen atoms in total. The van der Waals surface area contributed by atoms with Gasteiger partial charge in [0.2, 0.25) is 0 Å². The number of fused-ring (bicyclic) bond motifs is 1. The molecule has 4 aromatic rings. The van der Waals surface area contributed by atoms with Crippen LogP contribution in [0.25, 0.3) is 22.2 Å². The van der Waals surface area contributed by atoms with Crippen LogP contribution in [0.1, 0.15) is 21.5 Å². The second kappa shape index (κ2) is 7.56. The Kier molecular flexibility index (Phi) is 4.97. The van der Waals surface area contributed by atoms with Gasteiger partial charge in [0.25, 0.3) is 5.91 Å². The predicted octanol–water partition coefficient (Wildman–Crippen LogP) is 6.53. The molecule has 0 saturated heterocycles. The molecular formula is C24H19BrN2O. The molecule has 0 spiro atoms. The molecule has 0 radical (unpaired) electrons. The van der Waals surface area contributed by atoms with E-state index in [2.05, 4.69) is 21.2 Å². The molecule has 0 aliphatic rings. The first kappa shape index (κ1) is 18.4. The molecule has 1 N–H and O–H groups in total. The van der Waals surface area contributed by atoms with Crippen LogP contribution in [0.4, 0.5) is 5.69 Å². The molecule has 4 heteroatoms. The fraction of sp³-hybridized carbons (Fsp3) is 0.0833. The van der Waals surface area contributed by atoms with Crippen molar-refractivity contribution >= 4 is 38.4 Å². The van der Waals surface area contributed by atoms with Gasteiger partial charge in [-0.1, -0.05) is 57.9 Å². The van der Waals surface area contributed by atoms with Gasteiger partial charge in [0.15, 0.2) is 0 Å². The number of hydrogen-bond acceptors (Lipinski definition) is 2. The summed E-state index contributed by atoms with van der Waals surface area (Å²) >= 11 is 3.46. The lowest BCUT2D eigenvalue weighted by atomic mass is 10.0. The monoisotopic (exact) mass is 430 g/mol. The van der Waals surface area contributed by atoms with Crippen molar-refractivity contribution in [3.63, 3.8) is 0 Å². The average molecular weight is 431 g/mol. The number of anilines is 1. The highest BCUT2D eigenvalue weighted by Gasteiger charge is 2.15. The molecule has 0 unspecified atom stereocenters. The van der Waals surface area contributed by atoms with E-state index in [9.17, 15) is 4.79 Å². The Balaban J connectivity index is 1.85. The van der Waals surface area contributed by atoms with Crippen LogP contribution in [-0.2, 0) is 0 Å². The number of hydrogen-bond donors (Lipinski definition) is 1. The fourth-order valence-electron chi connectivity index (χ4n) is 3.20. The first-order chi connectivity index (χ1) is 13.5. The molecule has 28 heavy (non-hydrogen) atoms. The number of benzene rings is 3. The minimum atomic E-state index is -0.134. The van der Waals surface area contributed by atoms with Gasteiger partial charge >= 0.3 is 0 Å². The number of nitrogens with zero attached hydrogens (tertiary/aromatic N) is 1. The summed E-state index contributed by atoms with van der Waals surface area (Å²) in [5.74, 6) is -0.134. The number of amides is 1. The van der Waals surface area contributed by atoms with Gasteiger partial charge in [0.05, 0.1) is 16.8 Å². The molecule has 1 aromatic heterocycles. The fourth-order valence-corrected chi connectivity index (χ4v) is 3.46. The molecule has 0 atom stereocenters. The highest BCUT2D eigenvalue weighted by molar-refractivity contribution is 9.10. The third kappa shape index (κ3) is 3.69. The van der Waals surface area contributed by atoms with Crippen molar-refractivity contribution in [1.82, 2.24) is 4.98 Å². The highest BCUT2D eigenvalue weighted by atomic mass is 79.9. The van der Waals surface area contributed by atoms with Gasteiger partial charge in [-0.25, -0.2) is 4.98 Å². The van der Waals surface area contributed by atoms with Crippen molar-refractivity contribution < 1.29 is 4.79 Å². The lowest BCUT2D eigenvalue weighted by molar-refractivity contribution is 0.102. The number of rotatable bonds is 3. The van der Waals surface area contributed by atoms with Crippen LogP contribution < -0.4 is 5.32 Å². The van der Waals surface area contributed by atoms with Gasteiger partial charge in [-0.05, 0) is 55.8 Å². The quantitative estimate of drug-likeness (QED) is 0.401. The van der Waals surface area contributed by atoms with Crippen LogP contribution >= 0.6 is 15.9 Å². The number of pyridine rings is 1. The normalized spacial score (nSPS) is 10.8. The Morgan fingerprint density at radius 3 is 2.43 bits per heavy atom. The standard InChI is InChI=1S/C24H19BrN2O/c1-15-7-12-22-19(13-15)20(24(28)27-21-6-4-3-5-16(21)2)14-23(26-22)17-8-10-18(25)11-9-17/h3-14H,1-2H3,(H,27,28). The van der Waals surface area contributed by atoms with Crippen molar-refractivity contribution in [3.05, 3.63) is 94.0 Å². The predicted molar refractivity (Wildman–Crippen MR) is 119 cm³/mol. The third-order valence-electron chi connectivity index (χ3n) is 4.74. The summed E-state index contributed by atoms with van der Waals surface area (Å²) in [6, 6.07) is 23.6. The van der Waals surface area contributed by atoms with Gasteiger partial charge in [0.1, 0.15) is 0 Å². The largest absolute Gasteiger partial charge is 0.322 e. The number of para-hydroxylation sites is 1. The first-order valence-electron chi connectivity index (χ1n) is 9.05. The Morgan fingerprint density at radius 2 is 1.68 bits per heavy atom. The van der Waals surface area contributed by atoms with Gasteiger partial charge in [-0.15, -0.1) is 0 Å². The van der Waals surface area contributed by atoms with E-state index in [1.54, 1.807) is 0 Å². The molecule has 0 bridgehead atoms. The van der Waals surface area contributed by atoms with E-state index in [-0.39, 0.29) is 5.91 Å². The summed E-state index contributed by atoms with van der Waals surface area (Å²) in [5.41, 5.74) is 6.11. The Bertz CT molecular complexity index is 1180. The van der Waals surface area contributed by atoms with E-state index in [0.717, 1.165) is 43.4 Å². The molecule has 1 heterocycles. The molecule has 3 aromatic carbocycles. The maximum atomic E-state index is 13.2. The summed E-state index contributed by atoms with van der Waals surface area (Å²) in [7, 11) is 0. The van der Waals surface area contributed by atoms with Crippen molar-refractivity contribution in [2.24, 2.45) is 0 Å². The lowest BCUT2D eigenvalue weighted by Gasteiger charge is -2.12.